The Balaban J connectivity index is 1.46. The second kappa shape index (κ2) is 8.92. The van der Waals surface area contributed by atoms with Gasteiger partial charge in [0.25, 0.3) is 5.91 Å². The van der Waals surface area contributed by atoms with E-state index in [0.717, 1.165) is 27.1 Å². The van der Waals surface area contributed by atoms with Crippen LogP contribution in [-0.4, -0.2) is 22.5 Å². The standard InChI is InChI=1S/C23H21N3O3S/c1-3-28-22-19-15(2)20(30-23(19)25-14-24-22)21(27)26-17-9-11-18(12-10-17)29-13-16-7-5-4-6-8-16/h4-12,14H,3,13H2,1-2H3,(H,26,27). The molecule has 0 unspecified atom stereocenters. The smallest absolute Gasteiger partial charge is 0.266 e. The highest BCUT2D eigenvalue weighted by atomic mass is 32.1. The third-order valence-electron chi connectivity index (χ3n) is 4.54. The van der Waals surface area contributed by atoms with Crippen LogP contribution in [0.4, 0.5) is 5.69 Å². The predicted octanol–water partition coefficient (Wildman–Crippen LogP) is 5.23. The van der Waals surface area contributed by atoms with E-state index in [1.54, 1.807) is 0 Å². The minimum atomic E-state index is -0.184. The highest BCUT2D eigenvalue weighted by molar-refractivity contribution is 7.20. The van der Waals surface area contributed by atoms with Gasteiger partial charge in [0, 0.05) is 5.69 Å². The maximum atomic E-state index is 12.8. The van der Waals surface area contributed by atoms with Crippen LogP contribution in [0, 0.1) is 6.92 Å². The van der Waals surface area contributed by atoms with E-state index in [1.807, 2.05) is 68.4 Å². The van der Waals surface area contributed by atoms with Crippen molar-refractivity contribution in [2.24, 2.45) is 0 Å². The molecule has 0 atom stereocenters. The number of ether oxygens (including phenoxy) is 2. The maximum Gasteiger partial charge on any atom is 0.266 e. The third-order valence-corrected chi connectivity index (χ3v) is 5.74. The third kappa shape index (κ3) is 4.26. The SMILES string of the molecule is CCOc1ncnc2sc(C(=O)Nc3ccc(OCc4ccccc4)cc3)c(C)c12. The fraction of sp³-hybridized carbons (Fsp3) is 0.174. The highest BCUT2D eigenvalue weighted by Crippen LogP contribution is 2.34. The second-order valence-corrected chi connectivity index (χ2v) is 7.60. The molecule has 0 aliphatic rings. The molecule has 1 amide bonds. The van der Waals surface area contributed by atoms with Crippen molar-refractivity contribution in [3.8, 4) is 11.6 Å². The minimum Gasteiger partial charge on any atom is -0.489 e. The molecule has 1 N–H and O–H groups in total. The number of thiophene rings is 1. The number of hydrogen-bond acceptors (Lipinski definition) is 6. The van der Waals surface area contributed by atoms with E-state index in [-0.39, 0.29) is 5.91 Å². The zero-order valence-corrected chi connectivity index (χ0v) is 17.5. The quantitative estimate of drug-likeness (QED) is 0.444. The molecule has 2 aromatic heterocycles. The minimum absolute atomic E-state index is 0.184. The molecular formula is C23H21N3O3S. The van der Waals surface area contributed by atoms with Crippen LogP contribution in [0.25, 0.3) is 10.2 Å². The Morgan fingerprint density at radius 1 is 1.03 bits per heavy atom. The molecule has 6 nitrogen and oxygen atoms in total. The van der Waals surface area contributed by atoms with Crippen LogP contribution in [-0.2, 0) is 6.61 Å². The molecule has 2 heterocycles. The lowest BCUT2D eigenvalue weighted by atomic mass is 10.2. The van der Waals surface area contributed by atoms with Crippen molar-refractivity contribution in [1.29, 1.82) is 0 Å². The molecule has 4 aromatic rings. The summed E-state index contributed by atoms with van der Waals surface area (Å²) < 4.78 is 11.4. The lowest BCUT2D eigenvalue weighted by Crippen LogP contribution is -2.11. The summed E-state index contributed by atoms with van der Waals surface area (Å²) in [7, 11) is 0. The summed E-state index contributed by atoms with van der Waals surface area (Å²) in [5.41, 5.74) is 2.61. The van der Waals surface area contributed by atoms with E-state index in [9.17, 15) is 4.79 Å². The first-order valence-corrected chi connectivity index (χ1v) is 10.4. The molecule has 0 saturated heterocycles. The highest BCUT2D eigenvalue weighted by Gasteiger charge is 2.20. The molecule has 152 valence electrons. The molecule has 0 aliphatic carbocycles. The van der Waals surface area contributed by atoms with Gasteiger partial charge in [-0.1, -0.05) is 30.3 Å². The van der Waals surface area contributed by atoms with Gasteiger partial charge in [0.15, 0.2) is 0 Å². The van der Waals surface area contributed by atoms with E-state index < -0.39 is 0 Å². The Kier molecular flexibility index (Phi) is 5.90. The number of aryl methyl sites for hydroxylation is 1. The predicted molar refractivity (Wildman–Crippen MR) is 118 cm³/mol. The molecule has 7 heteroatoms. The zero-order valence-electron chi connectivity index (χ0n) is 16.7. The lowest BCUT2D eigenvalue weighted by molar-refractivity contribution is 0.103. The number of nitrogens with one attached hydrogen (secondary N) is 1. The summed E-state index contributed by atoms with van der Waals surface area (Å²) in [5, 5.41) is 3.73. The molecule has 30 heavy (non-hydrogen) atoms. The first-order chi connectivity index (χ1) is 14.7. The summed E-state index contributed by atoms with van der Waals surface area (Å²) in [6.07, 6.45) is 1.46. The van der Waals surface area contributed by atoms with Crippen LogP contribution in [0.3, 0.4) is 0 Å². The molecule has 0 fully saturated rings. The number of fused-ring (bicyclic) bond motifs is 1. The van der Waals surface area contributed by atoms with Gasteiger partial charge in [-0.15, -0.1) is 11.3 Å². The van der Waals surface area contributed by atoms with Crippen molar-refractivity contribution < 1.29 is 14.3 Å². The topological polar surface area (TPSA) is 73.3 Å². The maximum absolute atomic E-state index is 12.8. The van der Waals surface area contributed by atoms with Crippen molar-refractivity contribution in [3.63, 3.8) is 0 Å². The van der Waals surface area contributed by atoms with Crippen molar-refractivity contribution in [2.45, 2.75) is 20.5 Å². The lowest BCUT2D eigenvalue weighted by Gasteiger charge is -2.08. The van der Waals surface area contributed by atoms with Gasteiger partial charge >= 0.3 is 0 Å². The number of carbonyl (C=O) groups excluding carboxylic acids is 1. The average Bonchev–Trinajstić information content (AvgIpc) is 3.12. The summed E-state index contributed by atoms with van der Waals surface area (Å²) in [6, 6.07) is 17.3. The van der Waals surface area contributed by atoms with Gasteiger partial charge in [0.2, 0.25) is 5.88 Å². The number of aromatic nitrogens is 2. The number of anilines is 1. The number of amides is 1. The Bertz CT molecular complexity index is 1160. The van der Waals surface area contributed by atoms with Gasteiger partial charge in [-0.05, 0) is 49.2 Å². The Labute approximate surface area is 178 Å². The summed E-state index contributed by atoms with van der Waals surface area (Å²) in [5.74, 6) is 1.07. The molecule has 2 aromatic carbocycles. The Hall–Kier alpha value is -3.45. The van der Waals surface area contributed by atoms with Gasteiger partial charge in [-0.25, -0.2) is 9.97 Å². The monoisotopic (exact) mass is 419 g/mol. The van der Waals surface area contributed by atoms with E-state index in [2.05, 4.69) is 15.3 Å². The fourth-order valence-electron chi connectivity index (χ4n) is 3.07. The number of rotatable bonds is 7. The first-order valence-electron chi connectivity index (χ1n) is 9.60. The molecule has 0 saturated carbocycles. The Morgan fingerprint density at radius 2 is 1.80 bits per heavy atom. The van der Waals surface area contributed by atoms with Crippen LogP contribution >= 0.6 is 11.3 Å². The molecule has 0 radical (unpaired) electrons. The second-order valence-electron chi connectivity index (χ2n) is 6.60. The van der Waals surface area contributed by atoms with Crippen molar-refractivity contribution in [1.82, 2.24) is 9.97 Å². The van der Waals surface area contributed by atoms with E-state index in [0.29, 0.717) is 29.7 Å². The fourth-order valence-corrected chi connectivity index (χ4v) is 4.10. The van der Waals surface area contributed by atoms with E-state index >= 15 is 0 Å². The molecular weight excluding hydrogens is 398 g/mol. The van der Waals surface area contributed by atoms with E-state index in [1.165, 1.54) is 17.7 Å². The van der Waals surface area contributed by atoms with Gasteiger partial charge in [-0.3, -0.25) is 4.79 Å². The van der Waals surface area contributed by atoms with Gasteiger partial charge < -0.3 is 14.8 Å². The van der Waals surface area contributed by atoms with Crippen LogP contribution < -0.4 is 14.8 Å². The van der Waals surface area contributed by atoms with Crippen molar-refractivity contribution in [3.05, 3.63) is 76.9 Å². The molecule has 0 aliphatic heterocycles. The first kappa shape index (κ1) is 19.8. The molecule has 0 spiro atoms. The number of hydrogen-bond donors (Lipinski definition) is 1. The Morgan fingerprint density at radius 3 is 2.53 bits per heavy atom. The van der Waals surface area contributed by atoms with Crippen LogP contribution in [0.5, 0.6) is 11.6 Å². The number of benzene rings is 2. The zero-order chi connectivity index (χ0) is 20.9. The molecule has 0 bridgehead atoms. The summed E-state index contributed by atoms with van der Waals surface area (Å²) in [6.45, 7) is 4.79. The number of carbonyl (C=O) groups is 1. The van der Waals surface area contributed by atoms with E-state index in [4.69, 9.17) is 9.47 Å². The van der Waals surface area contributed by atoms with Crippen molar-refractivity contribution in [2.75, 3.05) is 11.9 Å². The normalized spacial score (nSPS) is 10.7. The van der Waals surface area contributed by atoms with Crippen LogP contribution in [0.2, 0.25) is 0 Å². The van der Waals surface area contributed by atoms with Gasteiger partial charge in [0.05, 0.1) is 16.9 Å². The van der Waals surface area contributed by atoms with Gasteiger partial charge in [-0.2, -0.15) is 0 Å². The van der Waals surface area contributed by atoms with Gasteiger partial charge in [0.1, 0.15) is 23.5 Å². The summed E-state index contributed by atoms with van der Waals surface area (Å²) >= 11 is 1.33. The number of nitrogens with zero attached hydrogens (tertiary/aromatic N) is 2. The van der Waals surface area contributed by atoms with Crippen molar-refractivity contribution >= 4 is 33.1 Å². The largest absolute Gasteiger partial charge is 0.489 e. The van der Waals surface area contributed by atoms with Crippen LogP contribution in [0.1, 0.15) is 27.7 Å². The molecule has 4 rings (SSSR count). The summed E-state index contributed by atoms with van der Waals surface area (Å²) in [4.78, 5) is 22.7. The van der Waals surface area contributed by atoms with Crippen LogP contribution in [0.15, 0.2) is 60.9 Å². The average molecular weight is 420 g/mol.